The van der Waals surface area contributed by atoms with Gasteiger partial charge in [-0.3, -0.25) is 10.1 Å². The highest BCUT2D eigenvalue weighted by Gasteiger charge is 2.30. The van der Waals surface area contributed by atoms with E-state index in [2.05, 4.69) is 10.3 Å². The Morgan fingerprint density at radius 2 is 2.35 bits per heavy atom. The van der Waals surface area contributed by atoms with E-state index in [1.807, 2.05) is 0 Å². The van der Waals surface area contributed by atoms with E-state index < -0.39 is 11.0 Å². The van der Waals surface area contributed by atoms with Gasteiger partial charge in [-0.1, -0.05) is 0 Å². The fourth-order valence-electron chi connectivity index (χ4n) is 1.59. The van der Waals surface area contributed by atoms with E-state index in [1.54, 1.807) is 0 Å². The van der Waals surface area contributed by atoms with Crippen molar-refractivity contribution in [1.29, 1.82) is 0 Å². The zero-order chi connectivity index (χ0) is 12.4. The van der Waals surface area contributed by atoms with Gasteiger partial charge in [-0.25, -0.2) is 4.98 Å². The minimum atomic E-state index is -0.529. The van der Waals surface area contributed by atoms with Crippen LogP contribution >= 0.6 is 0 Å². The topological polar surface area (TPSA) is 114 Å². The standard InChI is InChI=1S/C10H14N4O3/c11-9-4-3-7(14(16)17)10(13-9)12-5-8(15)6-1-2-6/h3-4,6,8,15H,1-2,5H2,(H3,11,12,13). The predicted molar refractivity (Wildman–Crippen MR) is 62.5 cm³/mol. The van der Waals surface area contributed by atoms with Crippen molar-refractivity contribution in [2.24, 2.45) is 5.92 Å². The number of nitro groups is 1. The molecule has 0 spiro atoms. The summed E-state index contributed by atoms with van der Waals surface area (Å²) in [5.74, 6) is 0.622. The molecule has 7 nitrogen and oxygen atoms in total. The average Bonchev–Trinajstić information content (AvgIpc) is 3.09. The summed E-state index contributed by atoms with van der Waals surface area (Å²) < 4.78 is 0. The van der Waals surface area contributed by atoms with E-state index in [9.17, 15) is 15.2 Å². The number of hydrogen-bond acceptors (Lipinski definition) is 6. The van der Waals surface area contributed by atoms with Crippen LogP contribution in [-0.4, -0.2) is 27.7 Å². The number of aliphatic hydroxyl groups excluding tert-OH is 1. The van der Waals surface area contributed by atoms with E-state index in [1.165, 1.54) is 12.1 Å². The van der Waals surface area contributed by atoms with Gasteiger partial charge in [0.05, 0.1) is 11.0 Å². The predicted octanol–water partition coefficient (Wildman–Crippen LogP) is 0.755. The monoisotopic (exact) mass is 238 g/mol. The van der Waals surface area contributed by atoms with E-state index in [4.69, 9.17) is 5.73 Å². The highest BCUT2D eigenvalue weighted by molar-refractivity contribution is 5.59. The van der Waals surface area contributed by atoms with Crippen LogP contribution in [0.3, 0.4) is 0 Å². The first-order valence-electron chi connectivity index (χ1n) is 5.41. The number of nitrogens with one attached hydrogen (secondary N) is 1. The van der Waals surface area contributed by atoms with Gasteiger partial charge in [0.15, 0.2) is 0 Å². The number of rotatable bonds is 5. The lowest BCUT2D eigenvalue weighted by atomic mass is 10.2. The molecule has 0 radical (unpaired) electrons. The zero-order valence-electron chi connectivity index (χ0n) is 9.17. The number of nitrogen functional groups attached to an aromatic ring is 1. The molecule has 0 amide bonds. The molecule has 0 aliphatic heterocycles. The quantitative estimate of drug-likeness (QED) is 0.515. The van der Waals surface area contributed by atoms with Crippen molar-refractivity contribution < 1.29 is 10.0 Å². The lowest BCUT2D eigenvalue weighted by Crippen LogP contribution is -2.22. The van der Waals surface area contributed by atoms with Gasteiger partial charge in [0.1, 0.15) is 5.82 Å². The molecule has 1 atom stereocenters. The van der Waals surface area contributed by atoms with Gasteiger partial charge < -0.3 is 16.2 Å². The van der Waals surface area contributed by atoms with Crippen molar-refractivity contribution >= 4 is 17.3 Å². The summed E-state index contributed by atoms with van der Waals surface area (Å²) in [6.07, 6.45) is 1.53. The zero-order valence-corrected chi connectivity index (χ0v) is 9.17. The lowest BCUT2D eigenvalue weighted by Gasteiger charge is -2.11. The van der Waals surface area contributed by atoms with Crippen LogP contribution in [0.1, 0.15) is 12.8 Å². The van der Waals surface area contributed by atoms with Crippen LogP contribution in [0.25, 0.3) is 0 Å². The Kier molecular flexibility index (Phi) is 3.10. The lowest BCUT2D eigenvalue weighted by molar-refractivity contribution is -0.384. The third-order valence-electron chi connectivity index (χ3n) is 2.74. The van der Waals surface area contributed by atoms with Gasteiger partial charge in [0.2, 0.25) is 5.82 Å². The van der Waals surface area contributed by atoms with Gasteiger partial charge in [-0.2, -0.15) is 0 Å². The molecule has 0 bridgehead atoms. The number of anilines is 2. The minimum Gasteiger partial charge on any atom is -0.391 e. The third kappa shape index (κ3) is 2.82. The smallest absolute Gasteiger partial charge is 0.311 e. The minimum absolute atomic E-state index is 0.106. The third-order valence-corrected chi connectivity index (χ3v) is 2.74. The fourth-order valence-corrected chi connectivity index (χ4v) is 1.59. The Bertz CT molecular complexity index is 434. The molecule has 1 aliphatic carbocycles. The van der Waals surface area contributed by atoms with E-state index in [0.29, 0.717) is 5.92 Å². The van der Waals surface area contributed by atoms with E-state index in [0.717, 1.165) is 12.8 Å². The molecule has 7 heteroatoms. The molecule has 1 unspecified atom stereocenters. The molecule has 1 aromatic rings. The molecule has 0 saturated heterocycles. The van der Waals surface area contributed by atoms with Crippen molar-refractivity contribution in [2.45, 2.75) is 18.9 Å². The SMILES string of the molecule is Nc1ccc([N+](=O)[O-])c(NCC(O)C2CC2)n1. The van der Waals surface area contributed by atoms with Crippen molar-refractivity contribution in [3.8, 4) is 0 Å². The fraction of sp³-hybridized carbons (Fsp3) is 0.500. The average molecular weight is 238 g/mol. The van der Waals surface area contributed by atoms with Gasteiger partial charge in [0, 0.05) is 12.6 Å². The van der Waals surface area contributed by atoms with Crippen LogP contribution in [0, 0.1) is 16.0 Å². The van der Waals surface area contributed by atoms with Crippen molar-refractivity contribution in [2.75, 3.05) is 17.6 Å². The second-order valence-electron chi connectivity index (χ2n) is 4.15. The Labute approximate surface area is 97.8 Å². The summed E-state index contributed by atoms with van der Waals surface area (Å²) >= 11 is 0. The number of nitrogens with two attached hydrogens (primary N) is 1. The van der Waals surface area contributed by atoms with Gasteiger partial charge in [-0.05, 0) is 24.8 Å². The molecule has 1 aromatic heterocycles. The van der Waals surface area contributed by atoms with Crippen LogP contribution in [0.15, 0.2) is 12.1 Å². The molecular weight excluding hydrogens is 224 g/mol. The largest absolute Gasteiger partial charge is 0.391 e. The number of aromatic nitrogens is 1. The van der Waals surface area contributed by atoms with Crippen LogP contribution in [0.2, 0.25) is 0 Å². The summed E-state index contributed by atoms with van der Waals surface area (Å²) in [5.41, 5.74) is 5.33. The maximum Gasteiger partial charge on any atom is 0.311 e. The van der Waals surface area contributed by atoms with Crippen molar-refractivity contribution in [3.63, 3.8) is 0 Å². The van der Waals surface area contributed by atoms with Crippen molar-refractivity contribution in [1.82, 2.24) is 4.98 Å². The first-order chi connectivity index (χ1) is 8.08. The number of pyridine rings is 1. The van der Waals surface area contributed by atoms with Crippen molar-refractivity contribution in [3.05, 3.63) is 22.2 Å². The molecular formula is C10H14N4O3. The van der Waals surface area contributed by atoms with Crippen LogP contribution in [0.5, 0.6) is 0 Å². The highest BCUT2D eigenvalue weighted by Crippen LogP contribution is 2.33. The van der Waals surface area contributed by atoms with Gasteiger partial charge >= 0.3 is 5.69 Å². The summed E-state index contributed by atoms with van der Waals surface area (Å²) in [6, 6.07) is 2.68. The molecule has 2 rings (SSSR count). The number of aliphatic hydroxyl groups is 1. The summed E-state index contributed by atoms with van der Waals surface area (Å²) in [4.78, 5) is 14.1. The molecule has 0 aromatic carbocycles. The Morgan fingerprint density at radius 1 is 1.65 bits per heavy atom. The Morgan fingerprint density at radius 3 is 2.94 bits per heavy atom. The molecule has 1 fully saturated rings. The molecule has 1 heterocycles. The highest BCUT2D eigenvalue weighted by atomic mass is 16.6. The van der Waals surface area contributed by atoms with E-state index in [-0.39, 0.29) is 23.9 Å². The first-order valence-corrected chi connectivity index (χ1v) is 5.41. The number of nitrogens with zero attached hydrogens (tertiary/aromatic N) is 2. The molecule has 4 N–H and O–H groups in total. The molecule has 92 valence electrons. The van der Waals surface area contributed by atoms with Gasteiger partial charge in [-0.15, -0.1) is 0 Å². The first kappa shape index (κ1) is 11.6. The van der Waals surface area contributed by atoms with Gasteiger partial charge in [0.25, 0.3) is 0 Å². The summed E-state index contributed by atoms with van der Waals surface area (Å²) in [5, 5.41) is 23.2. The maximum atomic E-state index is 10.7. The number of hydrogen-bond donors (Lipinski definition) is 3. The van der Waals surface area contributed by atoms with Crippen LogP contribution < -0.4 is 11.1 Å². The maximum absolute atomic E-state index is 10.7. The summed E-state index contributed by atoms with van der Waals surface area (Å²) in [6.45, 7) is 0.252. The Hall–Kier alpha value is -1.89. The summed E-state index contributed by atoms with van der Waals surface area (Å²) in [7, 11) is 0. The normalized spacial score (nSPS) is 16.5. The van der Waals surface area contributed by atoms with Crippen LogP contribution in [-0.2, 0) is 0 Å². The molecule has 1 aliphatic rings. The van der Waals surface area contributed by atoms with E-state index >= 15 is 0 Å². The second kappa shape index (κ2) is 4.54. The Balaban J connectivity index is 2.07. The second-order valence-corrected chi connectivity index (χ2v) is 4.15. The molecule has 17 heavy (non-hydrogen) atoms. The molecule has 1 saturated carbocycles. The van der Waals surface area contributed by atoms with Crippen LogP contribution in [0.4, 0.5) is 17.3 Å².